The van der Waals surface area contributed by atoms with E-state index in [1.54, 1.807) is 12.1 Å². The highest BCUT2D eigenvalue weighted by atomic mass is 35.5. The number of nitrogens with one attached hydrogen (secondary N) is 1. The van der Waals surface area contributed by atoms with E-state index in [0.29, 0.717) is 22.6 Å². The molecule has 0 saturated heterocycles. The molecule has 1 aromatic heterocycles. The molecule has 3 aromatic carbocycles. The predicted octanol–water partition coefficient (Wildman–Crippen LogP) is 5.02. The third kappa shape index (κ3) is 3.99. The van der Waals surface area contributed by atoms with Crippen LogP contribution in [0, 0.1) is 0 Å². The van der Waals surface area contributed by atoms with Crippen LogP contribution in [0.2, 0.25) is 5.02 Å². The first-order chi connectivity index (χ1) is 14.5. The predicted molar refractivity (Wildman–Crippen MR) is 115 cm³/mol. The molecule has 1 heterocycles. The lowest BCUT2D eigenvalue weighted by Crippen LogP contribution is -2.15. The summed E-state index contributed by atoms with van der Waals surface area (Å²) in [5.74, 6) is -0.276. The molecule has 0 saturated carbocycles. The molecule has 150 valence electrons. The van der Waals surface area contributed by atoms with Crippen LogP contribution in [-0.4, -0.2) is 11.8 Å². The monoisotopic (exact) mass is 420 g/mol. The largest absolute Gasteiger partial charge is 0.489 e. The van der Waals surface area contributed by atoms with Gasteiger partial charge in [0, 0.05) is 16.6 Å². The molecule has 0 fully saturated rings. The molecule has 0 atom stereocenters. The molecule has 3 N–H and O–H groups in total. The van der Waals surface area contributed by atoms with Crippen molar-refractivity contribution >= 4 is 40.1 Å². The number of halogens is 1. The summed E-state index contributed by atoms with van der Waals surface area (Å²) < 4.78 is 11.7. The third-order valence-corrected chi connectivity index (χ3v) is 4.84. The number of para-hydroxylation sites is 2. The van der Waals surface area contributed by atoms with Gasteiger partial charge in [0.25, 0.3) is 5.91 Å². The van der Waals surface area contributed by atoms with Crippen molar-refractivity contribution < 1.29 is 18.7 Å². The number of primary amides is 1. The minimum Gasteiger partial charge on any atom is -0.489 e. The highest BCUT2D eigenvalue weighted by Crippen LogP contribution is 2.29. The minimum absolute atomic E-state index is 0.141. The fourth-order valence-electron chi connectivity index (χ4n) is 3.08. The lowest BCUT2D eigenvalue weighted by molar-refractivity contribution is 0.0991. The van der Waals surface area contributed by atoms with Crippen LogP contribution in [-0.2, 0) is 6.61 Å². The maximum Gasteiger partial charge on any atom is 0.291 e. The summed E-state index contributed by atoms with van der Waals surface area (Å²) in [4.78, 5) is 24.3. The fourth-order valence-corrected chi connectivity index (χ4v) is 3.35. The summed E-state index contributed by atoms with van der Waals surface area (Å²) in [7, 11) is 0. The Morgan fingerprint density at radius 3 is 2.47 bits per heavy atom. The Hall–Kier alpha value is -3.77. The molecule has 6 nitrogen and oxygen atoms in total. The molecule has 7 heteroatoms. The van der Waals surface area contributed by atoms with Crippen molar-refractivity contribution in [3.63, 3.8) is 0 Å². The van der Waals surface area contributed by atoms with E-state index >= 15 is 0 Å². The van der Waals surface area contributed by atoms with Gasteiger partial charge in [0.15, 0.2) is 5.76 Å². The number of carbonyl (C=O) groups is 2. The number of carbonyl (C=O) groups excluding carboxylic acids is 2. The first kappa shape index (κ1) is 19.5. The molecule has 30 heavy (non-hydrogen) atoms. The summed E-state index contributed by atoms with van der Waals surface area (Å²) in [6.07, 6.45) is 0. The van der Waals surface area contributed by atoms with Crippen molar-refractivity contribution in [3.05, 3.63) is 94.7 Å². The van der Waals surface area contributed by atoms with E-state index in [-0.39, 0.29) is 23.0 Å². The van der Waals surface area contributed by atoms with E-state index in [2.05, 4.69) is 5.32 Å². The van der Waals surface area contributed by atoms with Crippen LogP contribution in [0.25, 0.3) is 11.0 Å². The van der Waals surface area contributed by atoms with Crippen molar-refractivity contribution in [3.8, 4) is 5.75 Å². The van der Waals surface area contributed by atoms with Gasteiger partial charge in [-0.2, -0.15) is 0 Å². The lowest BCUT2D eigenvalue weighted by Gasteiger charge is -2.09. The van der Waals surface area contributed by atoms with Gasteiger partial charge in [-0.1, -0.05) is 48.0 Å². The van der Waals surface area contributed by atoms with Gasteiger partial charge in [0.1, 0.15) is 17.9 Å². The molecule has 0 radical (unpaired) electrons. The van der Waals surface area contributed by atoms with Gasteiger partial charge in [-0.3, -0.25) is 9.59 Å². The van der Waals surface area contributed by atoms with Gasteiger partial charge in [-0.25, -0.2) is 0 Å². The Labute approximate surface area is 177 Å². The van der Waals surface area contributed by atoms with E-state index in [4.69, 9.17) is 26.5 Å². The van der Waals surface area contributed by atoms with Crippen molar-refractivity contribution in [2.24, 2.45) is 5.73 Å². The van der Waals surface area contributed by atoms with Gasteiger partial charge in [0.05, 0.1) is 10.6 Å². The van der Waals surface area contributed by atoms with E-state index in [9.17, 15) is 9.59 Å². The van der Waals surface area contributed by atoms with Gasteiger partial charge in [-0.05, 0) is 36.4 Å². The van der Waals surface area contributed by atoms with Gasteiger partial charge < -0.3 is 20.2 Å². The van der Waals surface area contributed by atoms with Crippen LogP contribution in [0.5, 0.6) is 5.75 Å². The molecule has 0 aliphatic carbocycles. The second-order valence-electron chi connectivity index (χ2n) is 6.52. The molecule has 4 rings (SSSR count). The van der Waals surface area contributed by atoms with Crippen LogP contribution >= 0.6 is 11.6 Å². The van der Waals surface area contributed by atoms with Crippen molar-refractivity contribution in [1.29, 1.82) is 0 Å². The molecule has 0 unspecified atom stereocenters. The molecule has 0 bridgehead atoms. The maximum atomic E-state index is 13.0. The minimum atomic E-state index is -0.643. The molecule has 0 aliphatic rings. The number of hydrogen-bond donors (Lipinski definition) is 2. The molecular formula is C23H17ClN2O4. The Kier molecular flexibility index (Phi) is 5.41. The Balaban J connectivity index is 1.63. The number of anilines is 1. The number of benzene rings is 3. The quantitative estimate of drug-likeness (QED) is 0.458. The second-order valence-corrected chi connectivity index (χ2v) is 6.93. The molecule has 0 aliphatic heterocycles. The van der Waals surface area contributed by atoms with Crippen LogP contribution in [0.1, 0.15) is 26.5 Å². The van der Waals surface area contributed by atoms with Gasteiger partial charge in [0.2, 0.25) is 5.91 Å². The Morgan fingerprint density at radius 1 is 1.00 bits per heavy atom. The maximum absolute atomic E-state index is 13.0. The lowest BCUT2D eigenvalue weighted by atomic mass is 10.1. The average Bonchev–Trinajstić information content (AvgIpc) is 3.11. The number of ether oxygens (including phenoxy) is 1. The van der Waals surface area contributed by atoms with Crippen molar-refractivity contribution in [2.75, 3.05) is 5.32 Å². The van der Waals surface area contributed by atoms with Crippen molar-refractivity contribution in [2.45, 2.75) is 6.61 Å². The summed E-state index contributed by atoms with van der Waals surface area (Å²) in [5, 5.41) is 3.68. The van der Waals surface area contributed by atoms with Crippen LogP contribution in [0.4, 0.5) is 5.69 Å². The zero-order valence-electron chi connectivity index (χ0n) is 15.7. The zero-order valence-corrected chi connectivity index (χ0v) is 16.5. The molecule has 2 amide bonds. The standard InChI is InChI=1S/C23H17ClN2O4/c24-19-12-14(10-11-17(19)22(25)27)26-23(28)21-18(13-29-15-6-2-1-3-7-15)16-8-4-5-9-20(16)30-21/h1-12H,13H2,(H2,25,27)(H,26,28). The number of fused-ring (bicyclic) bond motifs is 1. The average molecular weight is 421 g/mol. The van der Waals surface area contributed by atoms with E-state index in [1.807, 2.05) is 48.5 Å². The first-order valence-electron chi connectivity index (χ1n) is 9.12. The third-order valence-electron chi connectivity index (χ3n) is 4.52. The molecular weight excluding hydrogens is 404 g/mol. The molecule has 0 spiro atoms. The summed E-state index contributed by atoms with van der Waals surface area (Å²) in [6, 6.07) is 21.1. The second kappa shape index (κ2) is 8.31. The smallest absolute Gasteiger partial charge is 0.291 e. The van der Waals surface area contributed by atoms with Crippen LogP contribution in [0.15, 0.2) is 77.2 Å². The van der Waals surface area contributed by atoms with Gasteiger partial charge in [-0.15, -0.1) is 0 Å². The fraction of sp³-hybridized carbons (Fsp3) is 0.0435. The van der Waals surface area contributed by atoms with Crippen LogP contribution < -0.4 is 15.8 Å². The normalized spacial score (nSPS) is 10.7. The summed E-state index contributed by atoms with van der Waals surface area (Å²) in [6.45, 7) is 0.158. The highest BCUT2D eigenvalue weighted by molar-refractivity contribution is 6.34. The van der Waals surface area contributed by atoms with E-state index < -0.39 is 11.8 Å². The number of hydrogen-bond acceptors (Lipinski definition) is 4. The van der Waals surface area contributed by atoms with E-state index in [1.165, 1.54) is 12.1 Å². The first-order valence-corrected chi connectivity index (χ1v) is 9.49. The van der Waals surface area contributed by atoms with E-state index in [0.717, 1.165) is 5.39 Å². The van der Waals surface area contributed by atoms with Gasteiger partial charge >= 0.3 is 0 Å². The van der Waals surface area contributed by atoms with Crippen LogP contribution in [0.3, 0.4) is 0 Å². The zero-order chi connectivity index (χ0) is 21.1. The summed E-state index contributed by atoms with van der Waals surface area (Å²) >= 11 is 6.07. The summed E-state index contributed by atoms with van der Waals surface area (Å²) in [5.41, 5.74) is 7.06. The topological polar surface area (TPSA) is 94.6 Å². The Morgan fingerprint density at radius 2 is 1.73 bits per heavy atom. The number of rotatable bonds is 6. The highest BCUT2D eigenvalue weighted by Gasteiger charge is 2.21. The number of furan rings is 1. The number of amides is 2. The SMILES string of the molecule is NC(=O)c1ccc(NC(=O)c2oc3ccccc3c2COc2ccccc2)cc1Cl. The van der Waals surface area contributed by atoms with Crippen molar-refractivity contribution in [1.82, 2.24) is 0 Å². The Bertz CT molecular complexity index is 1230. The molecule has 4 aromatic rings. The number of nitrogens with two attached hydrogens (primary N) is 1.